The van der Waals surface area contributed by atoms with Gasteiger partial charge in [-0.2, -0.15) is 5.26 Å². The van der Waals surface area contributed by atoms with Crippen molar-refractivity contribution >= 4 is 17.6 Å². The topological polar surface area (TPSA) is 82.4 Å². The van der Waals surface area contributed by atoms with Gasteiger partial charge in [-0.05, 0) is 64.0 Å². The van der Waals surface area contributed by atoms with Gasteiger partial charge in [0.25, 0.3) is 0 Å². The maximum atomic E-state index is 12.2. The lowest BCUT2D eigenvalue weighted by Crippen LogP contribution is -2.37. The van der Waals surface area contributed by atoms with Crippen LogP contribution in [0.25, 0.3) is 0 Å². The number of anilines is 1. The number of likely N-dealkylation sites (N-methyl/N-ethyl adjacent to an activating group) is 1. The van der Waals surface area contributed by atoms with Gasteiger partial charge >= 0.3 is 5.97 Å². The summed E-state index contributed by atoms with van der Waals surface area (Å²) in [5, 5.41) is 12.2. The van der Waals surface area contributed by atoms with Crippen molar-refractivity contribution < 1.29 is 14.3 Å². The first-order chi connectivity index (χ1) is 11.4. The first-order valence-electron chi connectivity index (χ1n) is 8.07. The molecular weight excluding hydrogens is 306 g/mol. The van der Waals surface area contributed by atoms with Crippen LogP contribution in [0.2, 0.25) is 0 Å². The number of rotatable bonds is 5. The molecule has 0 saturated heterocycles. The zero-order valence-corrected chi connectivity index (χ0v) is 14.5. The normalized spacial score (nSPS) is 17.1. The summed E-state index contributed by atoms with van der Waals surface area (Å²) in [7, 11) is 3.66. The number of carbonyl (C=O) groups excluding carboxylic acids is 2. The van der Waals surface area contributed by atoms with Crippen molar-refractivity contribution in [3.8, 4) is 6.07 Å². The third-order valence-electron chi connectivity index (χ3n) is 4.42. The largest absolute Gasteiger partial charge is 0.466 e. The van der Waals surface area contributed by atoms with Crippen molar-refractivity contribution in [2.24, 2.45) is 5.92 Å². The number of carbonyl (C=O) groups is 2. The van der Waals surface area contributed by atoms with Crippen LogP contribution in [0.5, 0.6) is 0 Å². The Bertz CT molecular complexity index is 691. The molecule has 1 aromatic carbocycles. The van der Waals surface area contributed by atoms with Crippen LogP contribution in [0.4, 0.5) is 5.69 Å². The highest BCUT2D eigenvalue weighted by molar-refractivity contribution is 5.95. The molecule has 1 aromatic rings. The number of nitrogens with one attached hydrogen (secondary N) is 1. The molecule has 0 spiro atoms. The Kier molecular flexibility index (Phi) is 5.58. The Labute approximate surface area is 142 Å². The molecule has 24 heavy (non-hydrogen) atoms. The standard InChI is InChI=1S/C18H23N3O3/c1-5-24-18(23)13-6-12-7-15(8-14(10-19)16(12)9-13)20-17(22)11(2)21(3)4/h7-8,11,13H,5-6,9H2,1-4H3,(H,20,22). The zero-order chi connectivity index (χ0) is 17.9. The molecule has 0 bridgehead atoms. The maximum absolute atomic E-state index is 12.2. The summed E-state index contributed by atoms with van der Waals surface area (Å²) < 4.78 is 5.09. The first-order valence-corrected chi connectivity index (χ1v) is 8.07. The summed E-state index contributed by atoms with van der Waals surface area (Å²) in [6.45, 7) is 3.94. The smallest absolute Gasteiger partial charge is 0.309 e. The van der Waals surface area contributed by atoms with Crippen LogP contribution in [-0.4, -0.2) is 43.5 Å². The van der Waals surface area contributed by atoms with Crippen molar-refractivity contribution in [1.82, 2.24) is 4.90 Å². The molecule has 0 fully saturated rings. The molecule has 1 aliphatic carbocycles. The van der Waals surface area contributed by atoms with Gasteiger partial charge < -0.3 is 10.1 Å². The molecular formula is C18H23N3O3. The summed E-state index contributed by atoms with van der Waals surface area (Å²) >= 11 is 0. The average molecular weight is 329 g/mol. The van der Waals surface area contributed by atoms with Gasteiger partial charge in [-0.1, -0.05) is 0 Å². The number of nitrogens with zero attached hydrogens (tertiary/aromatic N) is 2. The highest BCUT2D eigenvalue weighted by atomic mass is 16.5. The third-order valence-corrected chi connectivity index (χ3v) is 4.42. The number of benzene rings is 1. The van der Waals surface area contributed by atoms with Gasteiger partial charge in [0.1, 0.15) is 0 Å². The monoisotopic (exact) mass is 329 g/mol. The molecule has 6 heteroatoms. The van der Waals surface area contributed by atoms with Crippen molar-refractivity contribution in [1.29, 1.82) is 5.26 Å². The highest BCUT2D eigenvalue weighted by Crippen LogP contribution is 2.33. The summed E-state index contributed by atoms with van der Waals surface area (Å²) in [6.07, 6.45) is 1.05. The van der Waals surface area contributed by atoms with E-state index in [1.165, 1.54) is 0 Å². The summed E-state index contributed by atoms with van der Waals surface area (Å²) in [4.78, 5) is 26.0. The van der Waals surface area contributed by atoms with Crippen molar-refractivity contribution in [2.45, 2.75) is 32.7 Å². The molecule has 128 valence electrons. The van der Waals surface area contributed by atoms with Gasteiger partial charge in [-0.15, -0.1) is 0 Å². The van der Waals surface area contributed by atoms with Gasteiger partial charge in [0, 0.05) is 5.69 Å². The highest BCUT2D eigenvalue weighted by Gasteiger charge is 2.31. The van der Waals surface area contributed by atoms with E-state index >= 15 is 0 Å². The number of amides is 1. The second-order valence-electron chi connectivity index (χ2n) is 6.26. The molecule has 0 radical (unpaired) electrons. The van der Waals surface area contributed by atoms with Crippen LogP contribution in [0.15, 0.2) is 12.1 Å². The Morgan fingerprint density at radius 1 is 1.42 bits per heavy atom. The number of ether oxygens (including phenoxy) is 1. The lowest BCUT2D eigenvalue weighted by Gasteiger charge is -2.19. The number of esters is 1. The molecule has 1 aliphatic rings. The Morgan fingerprint density at radius 2 is 2.12 bits per heavy atom. The second kappa shape index (κ2) is 7.45. The number of fused-ring (bicyclic) bond motifs is 1. The van der Waals surface area contributed by atoms with Crippen LogP contribution in [0, 0.1) is 17.2 Å². The van der Waals surface area contributed by atoms with Gasteiger partial charge in [0.05, 0.1) is 30.2 Å². The Balaban J connectivity index is 2.22. The lowest BCUT2D eigenvalue weighted by molar-refractivity contribution is -0.147. The van der Waals surface area contributed by atoms with Crippen LogP contribution in [-0.2, 0) is 27.2 Å². The first kappa shape index (κ1) is 18.0. The zero-order valence-electron chi connectivity index (χ0n) is 14.5. The Hall–Kier alpha value is -2.39. The average Bonchev–Trinajstić information content (AvgIpc) is 2.97. The van der Waals surface area contributed by atoms with Crippen LogP contribution in [0.1, 0.15) is 30.5 Å². The SMILES string of the molecule is CCOC(=O)C1Cc2cc(NC(=O)C(C)N(C)C)cc(C#N)c2C1. The van der Waals surface area contributed by atoms with Crippen LogP contribution >= 0.6 is 0 Å². The predicted octanol–water partition coefficient (Wildman–Crippen LogP) is 1.72. The molecule has 0 aromatic heterocycles. The fourth-order valence-corrected chi connectivity index (χ4v) is 2.82. The maximum Gasteiger partial charge on any atom is 0.309 e. The molecule has 1 amide bonds. The van der Waals surface area contributed by atoms with E-state index in [1.807, 2.05) is 32.0 Å². The van der Waals surface area contributed by atoms with Crippen molar-refractivity contribution in [3.05, 3.63) is 28.8 Å². The van der Waals surface area contributed by atoms with E-state index in [9.17, 15) is 14.9 Å². The molecule has 2 unspecified atom stereocenters. The molecule has 2 rings (SSSR count). The van der Waals surface area contributed by atoms with E-state index < -0.39 is 0 Å². The van der Waals surface area contributed by atoms with E-state index in [2.05, 4.69) is 11.4 Å². The molecule has 6 nitrogen and oxygen atoms in total. The minimum Gasteiger partial charge on any atom is -0.466 e. The predicted molar refractivity (Wildman–Crippen MR) is 90.5 cm³/mol. The molecule has 2 atom stereocenters. The molecule has 0 heterocycles. The molecule has 0 aliphatic heterocycles. The number of hydrogen-bond donors (Lipinski definition) is 1. The van der Waals surface area contributed by atoms with E-state index in [0.717, 1.165) is 11.1 Å². The minimum absolute atomic E-state index is 0.135. The van der Waals surface area contributed by atoms with E-state index in [0.29, 0.717) is 30.7 Å². The number of nitriles is 1. The fraction of sp³-hybridized carbons (Fsp3) is 0.500. The van der Waals surface area contributed by atoms with E-state index in [1.54, 1.807) is 13.0 Å². The van der Waals surface area contributed by atoms with Gasteiger partial charge in [0.2, 0.25) is 5.91 Å². The van der Waals surface area contributed by atoms with Crippen molar-refractivity contribution in [3.63, 3.8) is 0 Å². The van der Waals surface area contributed by atoms with Crippen molar-refractivity contribution in [2.75, 3.05) is 26.0 Å². The minimum atomic E-state index is -0.281. The quantitative estimate of drug-likeness (QED) is 0.832. The van der Waals surface area contributed by atoms with Gasteiger partial charge in [0.15, 0.2) is 0 Å². The summed E-state index contributed by atoms with van der Waals surface area (Å²) in [5.74, 6) is -0.619. The molecule has 1 N–H and O–H groups in total. The molecule has 0 saturated carbocycles. The van der Waals surface area contributed by atoms with E-state index in [4.69, 9.17) is 4.74 Å². The summed E-state index contributed by atoms with van der Waals surface area (Å²) in [5.41, 5.74) is 2.91. The van der Waals surface area contributed by atoms with Crippen LogP contribution < -0.4 is 5.32 Å². The van der Waals surface area contributed by atoms with Crippen LogP contribution in [0.3, 0.4) is 0 Å². The number of hydrogen-bond acceptors (Lipinski definition) is 5. The second-order valence-corrected chi connectivity index (χ2v) is 6.26. The summed E-state index contributed by atoms with van der Waals surface area (Å²) in [6, 6.07) is 5.42. The third kappa shape index (κ3) is 3.74. The Morgan fingerprint density at radius 3 is 2.71 bits per heavy atom. The van der Waals surface area contributed by atoms with Gasteiger partial charge in [-0.3, -0.25) is 14.5 Å². The van der Waals surface area contributed by atoms with Gasteiger partial charge in [-0.25, -0.2) is 0 Å². The van der Waals surface area contributed by atoms with E-state index in [-0.39, 0.29) is 23.8 Å². The fourth-order valence-electron chi connectivity index (χ4n) is 2.82. The lowest BCUT2D eigenvalue weighted by atomic mass is 10.0.